The molecule has 1 aliphatic heterocycles. The minimum absolute atomic E-state index is 0.0441. The highest BCUT2D eigenvalue weighted by molar-refractivity contribution is 6.39. The predicted octanol–water partition coefficient (Wildman–Crippen LogP) is 2.01. The molecular weight excluding hydrogens is 306 g/mol. The second-order valence-electron chi connectivity index (χ2n) is 5.21. The number of nitrogens with one attached hydrogen (secondary N) is 2. The molecule has 0 atom stereocenters. The Hall–Kier alpha value is -2.08. The van der Waals surface area contributed by atoms with Gasteiger partial charge in [-0.25, -0.2) is 5.43 Å². The molecule has 1 heterocycles. The van der Waals surface area contributed by atoms with Gasteiger partial charge in [0.05, 0.1) is 11.1 Å². The van der Waals surface area contributed by atoms with Crippen molar-refractivity contribution in [3.63, 3.8) is 0 Å². The first-order valence-corrected chi connectivity index (χ1v) is 7.42. The van der Waals surface area contributed by atoms with Crippen molar-refractivity contribution in [2.45, 2.75) is 39.3 Å². The molecule has 0 saturated carbocycles. The summed E-state index contributed by atoms with van der Waals surface area (Å²) < 4.78 is 5.55. The SMILES string of the molecule is CC(C)Oc1ccc(CNC(=O)C2=NNC(=O)CC2)cc1Cl. The summed E-state index contributed by atoms with van der Waals surface area (Å²) in [7, 11) is 0. The lowest BCUT2D eigenvalue weighted by Crippen LogP contribution is -2.36. The minimum Gasteiger partial charge on any atom is -0.489 e. The summed E-state index contributed by atoms with van der Waals surface area (Å²) in [6.07, 6.45) is 0.668. The number of hydrogen-bond donors (Lipinski definition) is 2. The second kappa shape index (κ2) is 7.26. The van der Waals surface area contributed by atoms with Gasteiger partial charge < -0.3 is 10.1 Å². The number of hydrazone groups is 1. The highest BCUT2D eigenvalue weighted by Crippen LogP contribution is 2.26. The quantitative estimate of drug-likeness (QED) is 0.870. The number of nitrogens with zero attached hydrogens (tertiary/aromatic N) is 1. The summed E-state index contributed by atoms with van der Waals surface area (Å²) in [4.78, 5) is 22.9. The molecule has 7 heteroatoms. The van der Waals surface area contributed by atoms with Crippen LogP contribution in [0.3, 0.4) is 0 Å². The lowest BCUT2D eigenvalue weighted by molar-refractivity contribution is -0.121. The van der Waals surface area contributed by atoms with E-state index in [1.54, 1.807) is 12.1 Å². The first-order chi connectivity index (χ1) is 10.5. The van der Waals surface area contributed by atoms with Crippen LogP contribution in [-0.4, -0.2) is 23.6 Å². The van der Waals surface area contributed by atoms with Crippen molar-refractivity contribution < 1.29 is 14.3 Å². The van der Waals surface area contributed by atoms with Crippen molar-refractivity contribution in [1.82, 2.24) is 10.7 Å². The number of hydrogen-bond acceptors (Lipinski definition) is 4. The van der Waals surface area contributed by atoms with Gasteiger partial charge in [0.15, 0.2) is 0 Å². The molecule has 6 nitrogen and oxygen atoms in total. The van der Waals surface area contributed by atoms with E-state index in [2.05, 4.69) is 15.8 Å². The Morgan fingerprint density at radius 1 is 1.45 bits per heavy atom. The van der Waals surface area contributed by atoms with E-state index in [0.717, 1.165) is 5.56 Å². The van der Waals surface area contributed by atoms with E-state index < -0.39 is 0 Å². The van der Waals surface area contributed by atoms with Crippen molar-refractivity contribution in [3.05, 3.63) is 28.8 Å². The predicted molar refractivity (Wildman–Crippen MR) is 83.9 cm³/mol. The molecule has 0 bridgehead atoms. The van der Waals surface area contributed by atoms with Crippen LogP contribution in [0.4, 0.5) is 0 Å². The zero-order valence-electron chi connectivity index (χ0n) is 12.5. The van der Waals surface area contributed by atoms with Crippen molar-refractivity contribution in [2.75, 3.05) is 0 Å². The largest absolute Gasteiger partial charge is 0.489 e. The van der Waals surface area contributed by atoms with Gasteiger partial charge in [-0.3, -0.25) is 9.59 Å². The monoisotopic (exact) mass is 323 g/mol. The maximum atomic E-state index is 11.9. The second-order valence-corrected chi connectivity index (χ2v) is 5.61. The molecular formula is C15H18ClN3O3. The van der Waals surface area contributed by atoms with Gasteiger partial charge in [0.25, 0.3) is 5.91 Å². The van der Waals surface area contributed by atoms with Gasteiger partial charge in [0.1, 0.15) is 11.5 Å². The zero-order chi connectivity index (χ0) is 16.1. The summed E-state index contributed by atoms with van der Waals surface area (Å²) in [5.41, 5.74) is 3.48. The van der Waals surface area contributed by atoms with Gasteiger partial charge in [0, 0.05) is 19.4 Å². The maximum Gasteiger partial charge on any atom is 0.267 e. The van der Waals surface area contributed by atoms with E-state index in [0.29, 0.717) is 29.4 Å². The summed E-state index contributed by atoms with van der Waals surface area (Å²) >= 11 is 6.14. The van der Waals surface area contributed by atoms with Gasteiger partial charge in [-0.1, -0.05) is 17.7 Å². The number of carbonyl (C=O) groups is 2. The van der Waals surface area contributed by atoms with Crippen molar-refractivity contribution in [1.29, 1.82) is 0 Å². The molecule has 1 aromatic rings. The topological polar surface area (TPSA) is 79.8 Å². The fraction of sp³-hybridized carbons (Fsp3) is 0.400. The highest BCUT2D eigenvalue weighted by atomic mass is 35.5. The zero-order valence-corrected chi connectivity index (χ0v) is 13.2. The molecule has 0 radical (unpaired) electrons. The van der Waals surface area contributed by atoms with Crippen LogP contribution in [0, 0.1) is 0 Å². The third kappa shape index (κ3) is 4.46. The number of benzene rings is 1. The van der Waals surface area contributed by atoms with Crippen LogP contribution in [0.2, 0.25) is 5.02 Å². The van der Waals surface area contributed by atoms with Crippen LogP contribution in [0.15, 0.2) is 23.3 Å². The molecule has 0 aromatic heterocycles. The van der Waals surface area contributed by atoms with Crippen LogP contribution in [0.25, 0.3) is 0 Å². The molecule has 0 unspecified atom stereocenters. The number of carbonyl (C=O) groups excluding carboxylic acids is 2. The van der Waals surface area contributed by atoms with E-state index in [1.807, 2.05) is 19.9 Å². The van der Waals surface area contributed by atoms with Gasteiger partial charge >= 0.3 is 0 Å². The van der Waals surface area contributed by atoms with Crippen molar-refractivity contribution in [2.24, 2.45) is 5.10 Å². The normalized spacial score (nSPS) is 14.4. The van der Waals surface area contributed by atoms with Crippen molar-refractivity contribution >= 4 is 29.1 Å². The molecule has 1 aliphatic rings. The molecule has 0 saturated heterocycles. The van der Waals surface area contributed by atoms with Crippen LogP contribution in [0.5, 0.6) is 5.75 Å². The standard InChI is InChI=1S/C15H18ClN3O3/c1-9(2)22-13-5-3-10(7-11(13)16)8-17-15(21)12-4-6-14(20)19-18-12/h3,5,7,9H,4,6,8H2,1-2H3,(H,17,21)(H,19,20). The van der Waals surface area contributed by atoms with Crippen molar-refractivity contribution in [3.8, 4) is 5.75 Å². The number of rotatable bonds is 5. The number of halogens is 1. The number of amides is 2. The molecule has 0 fully saturated rings. The first-order valence-electron chi connectivity index (χ1n) is 7.04. The van der Waals surface area contributed by atoms with Crippen LogP contribution >= 0.6 is 11.6 Å². The van der Waals surface area contributed by atoms with Crippen LogP contribution in [-0.2, 0) is 16.1 Å². The van der Waals surface area contributed by atoms with E-state index >= 15 is 0 Å². The number of ether oxygens (including phenoxy) is 1. The van der Waals surface area contributed by atoms with Gasteiger partial charge in [-0.05, 0) is 31.5 Å². The first kappa shape index (κ1) is 16.3. The molecule has 22 heavy (non-hydrogen) atoms. The molecule has 2 amide bonds. The minimum atomic E-state index is -0.293. The fourth-order valence-corrected chi connectivity index (χ4v) is 2.17. The van der Waals surface area contributed by atoms with Gasteiger partial charge in [-0.2, -0.15) is 5.10 Å². The Bertz CT molecular complexity index is 614. The molecule has 2 rings (SSSR count). The molecule has 118 valence electrons. The van der Waals surface area contributed by atoms with Crippen LogP contribution in [0.1, 0.15) is 32.3 Å². The third-order valence-corrected chi connectivity index (χ3v) is 3.27. The summed E-state index contributed by atoms with van der Waals surface area (Å²) in [5, 5.41) is 7.00. The van der Waals surface area contributed by atoms with E-state index in [1.165, 1.54) is 0 Å². The maximum absolute atomic E-state index is 11.9. The summed E-state index contributed by atoms with van der Waals surface area (Å²) in [6.45, 7) is 4.18. The lowest BCUT2D eigenvalue weighted by atomic mass is 10.1. The molecule has 0 aliphatic carbocycles. The average Bonchev–Trinajstić information content (AvgIpc) is 2.47. The van der Waals surface area contributed by atoms with E-state index in [4.69, 9.17) is 16.3 Å². The van der Waals surface area contributed by atoms with E-state index in [9.17, 15) is 9.59 Å². The van der Waals surface area contributed by atoms with Gasteiger partial charge in [-0.15, -0.1) is 0 Å². The highest BCUT2D eigenvalue weighted by Gasteiger charge is 2.17. The Morgan fingerprint density at radius 2 is 2.23 bits per heavy atom. The smallest absolute Gasteiger partial charge is 0.267 e. The summed E-state index contributed by atoms with van der Waals surface area (Å²) in [6, 6.07) is 5.38. The summed E-state index contributed by atoms with van der Waals surface area (Å²) in [5.74, 6) is 0.147. The van der Waals surface area contributed by atoms with Crippen LogP contribution < -0.4 is 15.5 Å². The Kier molecular flexibility index (Phi) is 5.38. The van der Waals surface area contributed by atoms with E-state index in [-0.39, 0.29) is 24.3 Å². The molecule has 0 spiro atoms. The van der Waals surface area contributed by atoms with Gasteiger partial charge in [0.2, 0.25) is 5.91 Å². The lowest BCUT2D eigenvalue weighted by Gasteiger charge is -2.14. The Balaban J connectivity index is 1.93. The average molecular weight is 324 g/mol. The Morgan fingerprint density at radius 3 is 2.82 bits per heavy atom. The third-order valence-electron chi connectivity index (χ3n) is 2.98. The molecule has 2 N–H and O–H groups in total. The molecule has 1 aromatic carbocycles. The Labute approximate surface area is 133 Å². The fourth-order valence-electron chi connectivity index (χ4n) is 1.93.